The normalized spacial score (nSPS) is 9.76. The van der Waals surface area contributed by atoms with Crippen LogP contribution in [0.3, 0.4) is 0 Å². The molecule has 108 valence electrons. The van der Waals surface area contributed by atoms with E-state index < -0.39 is 6.09 Å². The van der Waals surface area contributed by atoms with Crippen molar-refractivity contribution in [1.29, 1.82) is 0 Å². The number of nitrogens with zero attached hydrogens (tertiary/aromatic N) is 1. The second kappa shape index (κ2) is 6.38. The number of anilines is 1. The van der Waals surface area contributed by atoms with Gasteiger partial charge in [0.2, 0.25) is 0 Å². The van der Waals surface area contributed by atoms with Crippen molar-refractivity contribution >= 4 is 17.7 Å². The molecule has 2 N–H and O–H groups in total. The molecule has 0 fully saturated rings. The lowest BCUT2D eigenvalue weighted by molar-refractivity contribution is -0.242. The molecule has 0 radical (unpaired) electrons. The minimum atomic E-state index is -1.38. The molecule has 0 atom stereocenters. The molecule has 2 rings (SSSR count). The first kappa shape index (κ1) is 14.3. The molecule has 7 heteroatoms. The Morgan fingerprint density at radius 1 is 1.14 bits per heavy atom. The number of rotatable bonds is 4. The lowest BCUT2D eigenvalue weighted by Crippen LogP contribution is -2.28. The van der Waals surface area contributed by atoms with Crippen LogP contribution >= 0.6 is 0 Å². The van der Waals surface area contributed by atoms with Crippen molar-refractivity contribution in [1.82, 2.24) is 10.3 Å². The number of amides is 2. The standard InChI is InChI=1S/C14H13N3O4/c1-15-13(18)12-8-11(6-7-16-12)21-10-4-2-9(3-5-10)17-14(19)20/h2-8,17H,1H3,(H,15,18)(H,19,20)/p-1. The van der Waals surface area contributed by atoms with Crippen LogP contribution in [-0.4, -0.2) is 24.0 Å². The first-order valence-electron chi connectivity index (χ1n) is 6.02. The minimum absolute atomic E-state index is 0.241. The first-order chi connectivity index (χ1) is 10.1. The van der Waals surface area contributed by atoms with Crippen LogP contribution in [0.25, 0.3) is 0 Å². The number of carboxylic acid groups (broad SMARTS) is 1. The summed E-state index contributed by atoms with van der Waals surface area (Å²) in [5.74, 6) is 0.631. The highest BCUT2D eigenvalue weighted by molar-refractivity contribution is 5.92. The van der Waals surface area contributed by atoms with Gasteiger partial charge in [0.05, 0.1) is 0 Å². The third-order valence-corrected chi connectivity index (χ3v) is 2.53. The molecule has 7 nitrogen and oxygen atoms in total. The highest BCUT2D eigenvalue weighted by atomic mass is 16.5. The molecule has 0 spiro atoms. The van der Waals surface area contributed by atoms with E-state index in [1.54, 1.807) is 18.2 Å². The summed E-state index contributed by atoms with van der Waals surface area (Å²) in [6.07, 6.45) is 0.0828. The lowest BCUT2D eigenvalue weighted by Gasteiger charge is -2.09. The van der Waals surface area contributed by atoms with E-state index in [4.69, 9.17) is 4.74 Å². The van der Waals surface area contributed by atoms with E-state index in [1.165, 1.54) is 31.4 Å². The first-order valence-corrected chi connectivity index (χ1v) is 6.02. The molecule has 0 aliphatic rings. The van der Waals surface area contributed by atoms with Gasteiger partial charge in [-0.25, -0.2) is 0 Å². The SMILES string of the molecule is CNC(=O)c1cc(Oc2ccc(NC(=O)[O-])cc2)ccn1. The summed E-state index contributed by atoms with van der Waals surface area (Å²) in [4.78, 5) is 25.8. The van der Waals surface area contributed by atoms with Gasteiger partial charge in [-0.1, -0.05) is 0 Å². The predicted octanol–water partition coefficient (Wildman–Crippen LogP) is 0.989. The topological polar surface area (TPSA) is 103 Å². The summed E-state index contributed by atoms with van der Waals surface area (Å²) in [5, 5.41) is 15.0. The summed E-state index contributed by atoms with van der Waals surface area (Å²) >= 11 is 0. The predicted molar refractivity (Wildman–Crippen MR) is 73.2 cm³/mol. The molecule has 0 aliphatic heterocycles. The zero-order valence-electron chi connectivity index (χ0n) is 11.1. The van der Waals surface area contributed by atoms with Crippen molar-refractivity contribution in [2.45, 2.75) is 0 Å². The molecular formula is C14H12N3O4-. The quantitative estimate of drug-likeness (QED) is 0.872. The summed E-state index contributed by atoms with van der Waals surface area (Å²) in [6.45, 7) is 0. The van der Waals surface area contributed by atoms with Crippen molar-refractivity contribution in [3.05, 3.63) is 48.3 Å². The molecule has 0 saturated carbocycles. The summed E-state index contributed by atoms with van der Waals surface area (Å²) in [7, 11) is 1.51. The van der Waals surface area contributed by atoms with E-state index in [9.17, 15) is 14.7 Å². The number of carbonyl (C=O) groups is 2. The van der Waals surface area contributed by atoms with E-state index in [0.717, 1.165) is 0 Å². The smallest absolute Gasteiger partial charge is 0.269 e. The molecule has 21 heavy (non-hydrogen) atoms. The van der Waals surface area contributed by atoms with Gasteiger partial charge < -0.3 is 25.3 Å². The number of carbonyl (C=O) groups excluding carboxylic acids is 2. The molecule has 0 saturated heterocycles. The number of pyridine rings is 1. The van der Waals surface area contributed by atoms with Crippen LogP contribution in [-0.2, 0) is 0 Å². The Balaban J connectivity index is 2.11. The average Bonchev–Trinajstić information content (AvgIpc) is 2.48. The third-order valence-electron chi connectivity index (χ3n) is 2.53. The van der Waals surface area contributed by atoms with Crippen LogP contribution in [0.15, 0.2) is 42.6 Å². The van der Waals surface area contributed by atoms with Gasteiger partial charge in [0, 0.05) is 25.0 Å². The fraction of sp³-hybridized carbons (Fsp3) is 0.0714. The Kier molecular flexibility index (Phi) is 4.35. The fourth-order valence-corrected chi connectivity index (χ4v) is 1.59. The Morgan fingerprint density at radius 2 is 1.86 bits per heavy atom. The highest BCUT2D eigenvalue weighted by Gasteiger charge is 2.06. The molecule has 0 unspecified atom stereocenters. The number of hydrogen-bond acceptors (Lipinski definition) is 5. The number of benzene rings is 1. The van der Waals surface area contributed by atoms with Crippen molar-refractivity contribution in [3.63, 3.8) is 0 Å². The minimum Gasteiger partial charge on any atom is -0.530 e. The Bertz CT molecular complexity index is 656. The maximum atomic E-state index is 11.5. The van der Waals surface area contributed by atoms with E-state index >= 15 is 0 Å². The number of ether oxygens (including phenoxy) is 1. The van der Waals surface area contributed by atoms with Gasteiger partial charge >= 0.3 is 0 Å². The average molecular weight is 286 g/mol. The van der Waals surface area contributed by atoms with Crippen molar-refractivity contribution in [2.24, 2.45) is 0 Å². The van der Waals surface area contributed by atoms with Gasteiger partial charge in [-0.3, -0.25) is 9.78 Å². The van der Waals surface area contributed by atoms with Crippen molar-refractivity contribution in [2.75, 3.05) is 12.4 Å². The van der Waals surface area contributed by atoms with Crippen molar-refractivity contribution in [3.8, 4) is 11.5 Å². The highest BCUT2D eigenvalue weighted by Crippen LogP contribution is 2.23. The molecule has 1 aromatic heterocycles. The Morgan fingerprint density at radius 3 is 2.48 bits per heavy atom. The maximum Gasteiger partial charge on any atom is 0.269 e. The van der Waals surface area contributed by atoms with Gasteiger partial charge in [0.15, 0.2) is 0 Å². The van der Waals surface area contributed by atoms with E-state index in [1.807, 2.05) is 0 Å². The van der Waals surface area contributed by atoms with Crippen molar-refractivity contribution < 1.29 is 19.4 Å². The monoisotopic (exact) mass is 286 g/mol. The van der Waals surface area contributed by atoms with Gasteiger partial charge in [-0.15, -0.1) is 0 Å². The van der Waals surface area contributed by atoms with Crippen LogP contribution in [0.4, 0.5) is 10.5 Å². The van der Waals surface area contributed by atoms with E-state index in [2.05, 4.69) is 15.6 Å². The molecule has 2 amide bonds. The van der Waals surface area contributed by atoms with Gasteiger partial charge in [0.25, 0.3) is 5.91 Å². The molecule has 1 heterocycles. The molecule has 0 bridgehead atoms. The number of aromatic nitrogens is 1. The largest absolute Gasteiger partial charge is 0.530 e. The van der Waals surface area contributed by atoms with Gasteiger partial charge in [0.1, 0.15) is 23.3 Å². The van der Waals surface area contributed by atoms with Crippen LogP contribution in [0, 0.1) is 0 Å². The molecule has 0 aliphatic carbocycles. The lowest BCUT2D eigenvalue weighted by atomic mass is 10.3. The summed E-state index contributed by atoms with van der Waals surface area (Å²) < 4.78 is 5.56. The maximum absolute atomic E-state index is 11.5. The third kappa shape index (κ3) is 3.93. The van der Waals surface area contributed by atoms with Gasteiger partial charge in [-0.2, -0.15) is 0 Å². The molecular weight excluding hydrogens is 274 g/mol. The summed E-state index contributed by atoms with van der Waals surface area (Å²) in [5.41, 5.74) is 0.619. The van der Waals surface area contributed by atoms with E-state index in [0.29, 0.717) is 17.2 Å². The van der Waals surface area contributed by atoms with Gasteiger partial charge in [-0.05, 0) is 30.3 Å². The second-order valence-corrected chi connectivity index (χ2v) is 3.99. The fourth-order valence-electron chi connectivity index (χ4n) is 1.59. The number of nitrogens with one attached hydrogen (secondary N) is 2. The molecule has 1 aromatic carbocycles. The van der Waals surface area contributed by atoms with E-state index in [-0.39, 0.29) is 11.6 Å². The van der Waals surface area contributed by atoms with Crippen LogP contribution in [0.1, 0.15) is 10.5 Å². The second-order valence-electron chi connectivity index (χ2n) is 3.99. The zero-order valence-corrected chi connectivity index (χ0v) is 11.1. The summed E-state index contributed by atoms with van der Waals surface area (Å²) in [6, 6.07) is 9.36. The van der Waals surface area contributed by atoms with Crippen LogP contribution < -0.4 is 20.5 Å². The van der Waals surface area contributed by atoms with Crippen LogP contribution in [0.2, 0.25) is 0 Å². The Labute approximate surface area is 120 Å². The number of hydrogen-bond donors (Lipinski definition) is 2. The van der Waals surface area contributed by atoms with Crippen LogP contribution in [0.5, 0.6) is 11.5 Å². The zero-order chi connectivity index (χ0) is 15.2. The molecule has 2 aromatic rings. The Hall–Kier alpha value is -3.09.